The minimum Gasteiger partial charge on any atom is -0.504 e. The third kappa shape index (κ3) is 4.44. The lowest BCUT2D eigenvalue weighted by Crippen LogP contribution is -2.26. The van der Waals surface area contributed by atoms with Crippen LogP contribution in [0, 0.1) is 0 Å². The van der Waals surface area contributed by atoms with Gasteiger partial charge in [-0.3, -0.25) is 9.59 Å². The summed E-state index contributed by atoms with van der Waals surface area (Å²) in [4.78, 5) is 22.4. The Labute approximate surface area is 89.7 Å². The molecular weight excluding hydrogens is 194 g/mol. The third-order valence-electron chi connectivity index (χ3n) is 1.70. The van der Waals surface area contributed by atoms with E-state index in [0.29, 0.717) is 6.54 Å². The predicted octanol–water partition coefficient (Wildman–Crippen LogP) is 1.49. The van der Waals surface area contributed by atoms with Gasteiger partial charge < -0.3 is 10.4 Å². The van der Waals surface area contributed by atoms with Crippen LogP contribution < -0.4 is 5.32 Å². The minimum absolute atomic E-state index is 0.0125. The number of carbonyl (C=O) groups is 2. The number of carbonyl (C=O) groups excluding carboxylic acids is 2. The van der Waals surface area contributed by atoms with Gasteiger partial charge in [-0.05, 0) is 19.4 Å². The molecule has 0 heterocycles. The van der Waals surface area contributed by atoms with E-state index in [-0.39, 0.29) is 5.57 Å². The number of allylic oxidation sites excluding steroid dienone is 2. The Morgan fingerprint density at radius 3 is 2.40 bits per heavy atom. The molecule has 0 saturated carbocycles. The zero-order chi connectivity index (χ0) is 11.8. The number of aliphatic hydroxyl groups excluding tert-OH is 1. The number of Topliss-reactive ketones (excluding diaryl/α,β-unsaturated/α-hetero) is 1. The first-order valence-corrected chi connectivity index (χ1v) is 4.89. The average molecular weight is 211 g/mol. The van der Waals surface area contributed by atoms with E-state index in [1.807, 2.05) is 6.92 Å². The van der Waals surface area contributed by atoms with E-state index in [4.69, 9.17) is 0 Å². The van der Waals surface area contributed by atoms with Crippen LogP contribution in [0.15, 0.2) is 23.5 Å². The van der Waals surface area contributed by atoms with Crippen molar-refractivity contribution in [1.82, 2.24) is 5.32 Å². The molecule has 0 aliphatic carbocycles. The average Bonchev–Trinajstić information content (AvgIpc) is 2.21. The first-order valence-electron chi connectivity index (χ1n) is 4.89. The second kappa shape index (κ2) is 6.81. The summed E-state index contributed by atoms with van der Waals surface area (Å²) in [6.45, 7) is 5.36. The number of nitrogens with one attached hydrogen (secondary N) is 1. The van der Waals surface area contributed by atoms with Gasteiger partial charge in [-0.25, -0.2) is 0 Å². The summed E-state index contributed by atoms with van der Waals surface area (Å²) in [6, 6.07) is 0. The van der Waals surface area contributed by atoms with E-state index < -0.39 is 17.4 Å². The SMILES string of the molecule is C/C=C\C(C(=O)NCCC)=C(\O)C(C)=O. The summed E-state index contributed by atoms with van der Waals surface area (Å²) in [5.74, 6) is -1.45. The Bertz CT molecular complexity index is 303. The van der Waals surface area contributed by atoms with Gasteiger partial charge in [0, 0.05) is 13.5 Å². The van der Waals surface area contributed by atoms with Crippen molar-refractivity contribution in [3.8, 4) is 0 Å². The third-order valence-corrected chi connectivity index (χ3v) is 1.70. The molecule has 0 spiro atoms. The molecule has 0 aromatic heterocycles. The van der Waals surface area contributed by atoms with E-state index in [1.54, 1.807) is 13.0 Å². The smallest absolute Gasteiger partial charge is 0.255 e. The van der Waals surface area contributed by atoms with Crippen LogP contribution in [-0.4, -0.2) is 23.3 Å². The highest BCUT2D eigenvalue weighted by Crippen LogP contribution is 2.05. The molecule has 1 amide bonds. The molecule has 84 valence electrons. The molecule has 0 aromatic carbocycles. The summed E-state index contributed by atoms with van der Waals surface area (Å²) in [7, 11) is 0. The van der Waals surface area contributed by atoms with Gasteiger partial charge in [0.1, 0.15) is 0 Å². The minimum atomic E-state index is -0.519. The molecule has 4 nitrogen and oxygen atoms in total. The zero-order valence-electron chi connectivity index (χ0n) is 9.33. The quantitative estimate of drug-likeness (QED) is 0.411. The summed E-state index contributed by atoms with van der Waals surface area (Å²) in [6.07, 6.45) is 3.82. The van der Waals surface area contributed by atoms with Gasteiger partial charge >= 0.3 is 0 Å². The second-order valence-corrected chi connectivity index (χ2v) is 3.07. The standard InChI is InChI=1S/C11H17NO3/c1-4-6-9(10(14)8(3)13)11(15)12-7-5-2/h4,6,14H,5,7H2,1-3H3,(H,12,15)/b6-4-,10-9-. The van der Waals surface area contributed by atoms with E-state index >= 15 is 0 Å². The van der Waals surface area contributed by atoms with Crippen LogP contribution >= 0.6 is 0 Å². The topological polar surface area (TPSA) is 66.4 Å². The first kappa shape index (κ1) is 13.4. The molecule has 4 heteroatoms. The molecular formula is C11H17NO3. The Hall–Kier alpha value is -1.58. The molecule has 0 aliphatic rings. The lowest BCUT2D eigenvalue weighted by molar-refractivity contribution is -0.119. The fourth-order valence-electron chi connectivity index (χ4n) is 0.952. The molecule has 0 unspecified atom stereocenters. The number of ketones is 1. The molecule has 0 atom stereocenters. The fraction of sp³-hybridized carbons (Fsp3) is 0.455. The van der Waals surface area contributed by atoms with Crippen molar-refractivity contribution < 1.29 is 14.7 Å². The van der Waals surface area contributed by atoms with Crippen molar-refractivity contribution in [2.24, 2.45) is 0 Å². The van der Waals surface area contributed by atoms with Gasteiger partial charge in [0.25, 0.3) is 5.91 Å². The van der Waals surface area contributed by atoms with Crippen molar-refractivity contribution in [3.05, 3.63) is 23.5 Å². The Kier molecular flexibility index (Phi) is 6.09. The lowest BCUT2D eigenvalue weighted by atomic mass is 10.1. The second-order valence-electron chi connectivity index (χ2n) is 3.07. The molecule has 0 radical (unpaired) electrons. The highest BCUT2D eigenvalue weighted by atomic mass is 16.3. The van der Waals surface area contributed by atoms with Crippen LogP contribution in [-0.2, 0) is 9.59 Å². The molecule has 15 heavy (non-hydrogen) atoms. The number of hydrogen-bond acceptors (Lipinski definition) is 3. The first-order chi connectivity index (χ1) is 7.04. The summed E-state index contributed by atoms with van der Waals surface area (Å²) < 4.78 is 0. The van der Waals surface area contributed by atoms with Crippen LogP contribution in [0.3, 0.4) is 0 Å². The van der Waals surface area contributed by atoms with Crippen LogP contribution in [0.5, 0.6) is 0 Å². The largest absolute Gasteiger partial charge is 0.504 e. The van der Waals surface area contributed by atoms with Crippen LogP contribution in [0.1, 0.15) is 27.2 Å². The maximum absolute atomic E-state index is 11.5. The fourth-order valence-corrected chi connectivity index (χ4v) is 0.952. The molecule has 0 bridgehead atoms. The highest BCUT2D eigenvalue weighted by Gasteiger charge is 2.14. The predicted molar refractivity (Wildman–Crippen MR) is 58.5 cm³/mol. The molecule has 0 rings (SSSR count). The van der Waals surface area contributed by atoms with E-state index in [2.05, 4.69) is 5.32 Å². The maximum Gasteiger partial charge on any atom is 0.255 e. The monoisotopic (exact) mass is 211 g/mol. The van der Waals surface area contributed by atoms with E-state index in [0.717, 1.165) is 6.42 Å². The number of amides is 1. The summed E-state index contributed by atoms with van der Waals surface area (Å²) in [5.41, 5.74) is 0.0125. The number of aliphatic hydroxyl groups is 1. The van der Waals surface area contributed by atoms with E-state index in [9.17, 15) is 14.7 Å². The van der Waals surface area contributed by atoms with Crippen molar-refractivity contribution in [3.63, 3.8) is 0 Å². The van der Waals surface area contributed by atoms with Crippen LogP contribution in [0.2, 0.25) is 0 Å². The normalized spacial score (nSPS) is 12.5. The summed E-state index contributed by atoms with van der Waals surface area (Å²) >= 11 is 0. The van der Waals surface area contributed by atoms with Crippen molar-refractivity contribution >= 4 is 11.7 Å². The molecule has 0 fully saturated rings. The van der Waals surface area contributed by atoms with Crippen LogP contribution in [0.4, 0.5) is 0 Å². The Morgan fingerprint density at radius 2 is 2.00 bits per heavy atom. The van der Waals surface area contributed by atoms with Gasteiger partial charge in [0.15, 0.2) is 11.5 Å². The lowest BCUT2D eigenvalue weighted by Gasteiger charge is -2.05. The highest BCUT2D eigenvalue weighted by molar-refractivity contribution is 6.04. The van der Waals surface area contributed by atoms with Crippen molar-refractivity contribution in [1.29, 1.82) is 0 Å². The van der Waals surface area contributed by atoms with Gasteiger partial charge in [-0.15, -0.1) is 0 Å². The van der Waals surface area contributed by atoms with Gasteiger partial charge in [0.05, 0.1) is 5.57 Å². The number of hydrogen-bond donors (Lipinski definition) is 2. The Morgan fingerprint density at radius 1 is 1.40 bits per heavy atom. The van der Waals surface area contributed by atoms with Crippen molar-refractivity contribution in [2.75, 3.05) is 6.54 Å². The van der Waals surface area contributed by atoms with E-state index in [1.165, 1.54) is 13.0 Å². The molecule has 2 N–H and O–H groups in total. The van der Waals surface area contributed by atoms with Crippen LogP contribution in [0.25, 0.3) is 0 Å². The molecule has 0 saturated heterocycles. The summed E-state index contributed by atoms with van der Waals surface area (Å²) in [5, 5.41) is 12.0. The van der Waals surface area contributed by atoms with Crippen molar-refractivity contribution in [2.45, 2.75) is 27.2 Å². The molecule has 0 aromatic rings. The number of rotatable bonds is 5. The zero-order valence-corrected chi connectivity index (χ0v) is 9.33. The maximum atomic E-state index is 11.5. The molecule has 0 aliphatic heterocycles. The van der Waals surface area contributed by atoms with Gasteiger partial charge in [-0.2, -0.15) is 0 Å². The Balaban J connectivity index is 4.89. The van der Waals surface area contributed by atoms with Gasteiger partial charge in [0.2, 0.25) is 0 Å². The van der Waals surface area contributed by atoms with Gasteiger partial charge in [-0.1, -0.05) is 13.0 Å².